The Kier molecular flexibility index (Phi) is 4.42. The quantitative estimate of drug-likeness (QED) is 0.428. The van der Waals surface area contributed by atoms with Crippen LogP contribution in [-0.2, 0) is 11.3 Å². The lowest BCUT2D eigenvalue weighted by molar-refractivity contribution is -0.137. The number of carbonyl (C=O) groups is 2. The van der Waals surface area contributed by atoms with Gasteiger partial charge in [0.25, 0.3) is 17.0 Å². The number of carbonyl (C=O) groups excluding carboxylic acids is 1. The van der Waals surface area contributed by atoms with E-state index in [-0.39, 0.29) is 17.0 Å². The van der Waals surface area contributed by atoms with Crippen LogP contribution in [0.4, 0.5) is 0 Å². The summed E-state index contributed by atoms with van der Waals surface area (Å²) in [7, 11) is 0. The predicted octanol–water partition coefficient (Wildman–Crippen LogP) is -1.11. The van der Waals surface area contributed by atoms with Crippen molar-refractivity contribution in [2.75, 3.05) is 0 Å². The number of carboxylic acids is 1. The monoisotopic (exact) mass is 408 g/mol. The molecule has 0 bridgehead atoms. The zero-order chi connectivity index (χ0) is 21.6. The summed E-state index contributed by atoms with van der Waals surface area (Å²) in [5, 5.41) is 16.0. The first-order valence-corrected chi connectivity index (χ1v) is 8.87. The number of aromatic amines is 2. The molecule has 1 aliphatic heterocycles. The molecule has 4 heterocycles. The molecule has 152 valence electrons. The van der Waals surface area contributed by atoms with Gasteiger partial charge in [-0.3, -0.25) is 24.3 Å². The zero-order valence-electron chi connectivity index (χ0n) is 15.9. The maximum atomic E-state index is 12.5. The first-order chi connectivity index (χ1) is 14.3. The lowest BCUT2D eigenvalue weighted by Gasteiger charge is -2.00. The van der Waals surface area contributed by atoms with E-state index in [4.69, 9.17) is 5.11 Å². The molecule has 0 aliphatic carbocycles. The van der Waals surface area contributed by atoms with Crippen LogP contribution in [0.5, 0.6) is 0 Å². The molecule has 0 spiro atoms. The number of nitrogens with one attached hydrogen (secondary N) is 3. The van der Waals surface area contributed by atoms with Crippen molar-refractivity contribution < 1.29 is 14.7 Å². The second kappa shape index (κ2) is 6.95. The normalized spacial score (nSPS) is 13.7. The summed E-state index contributed by atoms with van der Waals surface area (Å²) in [6.07, 6.45) is 6.39. The van der Waals surface area contributed by atoms with E-state index in [9.17, 15) is 19.2 Å². The van der Waals surface area contributed by atoms with Gasteiger partial charge in [-0.1, -0.05) is 12.2 Å². The van der Waals surface area contributed by atoms with Crippen LogP contribution < -0.4 is 27.3 Å². The first kappa shape index (κ1) is 19.1. The number of hydrogen-bond donors (Lipinski definition) is 4. The summed E-state index contributed by atoms with van der Waals surface area (Å²) in [5.41, 5.74) is 4.02. The molecule has 0 radical (unpaired) electrons. The highest BCUT2D eigenvalue weighted by atomic mass is 16.4. The molecule has 0 atom stereocenters. The van der Waals surface area contributed by atoms with Crippen molar-refractivity contribution in [1.82, 2.24) is 25.2 Å². The van der Waals surface area contributed by atoms with Crippen molar-refractivity contribution in [3.8, 4) is 0 Å². The van der Waals surface area contributed by atoms with E-state index in [1.54, 1.807) is 32.1 Å². The van der Waals surface area contributed by atoms with Crippen LogP contribution in [0.1, 0.15) is 27.0 Å². The minimum atomic E-state index is -1.15. The predicted molar refractivity (Wildman–Crippen MR) is 106 cm³/mol. The maximum Gasteiger partial charge on any atom is 0.325 e. The Morgan fingerprint density at radius 2 is 2.00 bits per heavy atom. The van der Waals surface area contributed by atoms with Crippen molar-refractivity contribution in [3.63, 3.8) is 0 Å². The third-order valence-electron chi connectivity index (χ3n) is 4.90. The van der Waals surface area contributed by atoms with E-state index < -0.39 is 18.1 Å². The van der Waals surface area contributed by atoms with E-state index >= 15 is 0 Å². The van der Waals surface area contributed by atoms with Crippen LogP contribution in [0, 0.1) is 13.8 Å². The van der Waals surface area contributed by atoms with Gasteiger partial charge in [-0.2, -0.15) is 5.10 Å². The Morgan fingerprint density at radius 1 is 1.23 bits per heavy atom. The van der Waals surface area contributed by atoms with Crippen molar-refractivity contribution in [1.29, 1.82) is 0 Å². The fourth-order valence-corrected chi connectivity index (χ4v) is 3.38. The van der Waals surface area contributed by atoms with Gasteiger partial charge in [-0.25, -0.2) is 15.1 Å². The van der Waals surface area contributed by atoms with Crippen LogP contribution >= 0.6 is 0 Å². The lowest BCUT2D eigenvalue weighted by atomic mass is 10.1. The Hall–Kier alpha value is -4.28. The average molecular weight is 408 g/mol. The van der Waals surface area contributed by atoms with E-state index in [2.05, 4.69) is 25.6 Å². The number of aryl methyl sites for hydroxylation is 1. The second-order valence-electron chi connectivity index (χ2n) is 6.75. The summed E-state index contributed by atoms with van der Waals surface area (Å²) in [6, 6.07) is 0. The molecule has 0 aromatic carbocycles. The molecule has 0 saturated carbocycles. The van der Waals surface area contributed by atoms with Crippen LogP contribution in [0.15, 0.2) is 27.0 Å². The van der Waals surface area contributed by atoms with Crippen LogP contribution in [0.2, 0.25) is 0 Å². The van der Waals surface area contributed by atoms with Crippen LogP contribution in [-0.4, -0.2) is 36.7 Å². The van der Waals surface area contributed by atoms with Gasteiger partial charge >= 0.3 is 5.97 Å². The average Bonchev–Trinajstić information content (AvgIpc) is 3.19. The number of carboxylic acid groups (broad SMARTS) is 1. The number of nitrogens with zero attached hydrogens (tertiary/aromatic N) is 3. The van der Waals surface area contributed by atoms with Gasteiger partial charge in [-0.05, 0) is 36.6 Å². The second-order valence-corrected chi connectivity index (χ2v) is 6.75. The smallest absolute Gasteiger partial charge is 0.325 e. The number of aromatic nitrogens is 4. The van der Waals surface area contributed by atoms with Gasteiger partial charge in [0, 0.05) is 11.4 Å². The number of hydrogen-bond acceptors (Lipinski definition) is 6. The molecule has 4 rings (SSSR count). The van der Waals surface area contributed by atoms with Crippen LogP contribution in [0.25, 0.3) is 23.2 Å². The number of aliphatic carboxylic acids is 1. The number of fused-ring (bicyclic) bond motifs is 2. The molecule has 3 aromatic heterocycles. The van der Waals surface area contributed by atoms with Crippen molar-refractivity contribution in [3.05, 3.63) is 65.9 Å². The topological polar surface area (TPSA) is 162 Å². The highest BCUT2D eigenvalue weighted by Crippen LogP contribution is 2.16. The molecule has 0 fully saturated rings. The summed E-state index contributed by atoms with van der Waals surface area (Å²) >= 11 is 0. The molecule has 0 saturated heterocycles. The molecule has 1 amide bonds. The Balaban J connectivity index is 1.77. The Morgan fingerprint density at radius 3 is 2.73 bits per heavy atom. The molecule has 1 aliphatic rings. The highest BCUT2D eigenvalue weighted by molar-refractivity contribution is 5.96. The summed E-state index contributed by atoms with van der Waals surface area (Å²) in [4.78, 5) is 54.3. The van der Waals surface area contributed by atoms with Crippen molar-refractivity contribution in [2.45, 2.75) is 20.4 Å². The van der Waals surface area contributed by atoms with E-state index in [0.29, 0.717) is 38.5 Å². The minimum absolute atomic E-state index is 0.208. The van der Waals surface area contributed by atoms with Crippen LogP contribution in [0.3, 0.4) is 0 Å². The fraction of sp³-hybridized carbons (Fsp3) is 0.158. The van der Waals surface area contributed by atoms with Crippen molar-refractivity contribution in [2.24, 2.45) is 5.10 Å². The molecule has 11 heteroatoms. The third kappa shape index (κ3) is 3.02. The number of amides is 1. The first-order valence-electron chi connectivity index (χ1n) is 8.87. The van der Waals surface area contributed by atoms with Gasteiger partial charge in [-0.15, -0.1) is 0 Å². The number of allylic oxidation sites excluding steroid dienone is 1. The molecular formula is C19H16N6O5. The number of H-pyrrole nitrogens is 2. The third-order valence-corrected chi connectivity index (χ3v) is 4.90. The molecule has 30 heavy (non-hydrogen) atoms. The van der Waals surface area contributed by atoms with Gasteiger partial charge < -0.3 is 10.1 Å². The summed E-state index contributed by atoms with van der Waals surface area (Å²) in [6.45, 7) is 2.90. The van der Waals surface area contributed by atoms with Crippen molar-refractivity contribution >= 4 is 35.1 Å². The Labute approximate surface area is 167 Å². The molecular weight excluding hydrogens is 392 g/mol. The highest BCUT2D eigenvalue weighted by Gasteiger charge is 2.19. The summed E-state index contributed by atoms with van der Waals surface area (Å²) in [5.74, 6) is -1.53. The van der Waals surface area contributed by atoms with Gasteiger partial charge in [0.2, 0.25) is 0 Å². The lowest BCUT2D eigenvalue weighted by Crippen LogP contribution is -2.38. The van der Waals surface area contributed by atoms with Gasteiger partial charge in [0.15, 0.2) is 11.1 Å². The number of rotatable bonds is 4. The van der Waals surface area contributed by atoms with E-state index in [0.717, 1.165) is 4.68 Å². The minimum Gasteiger partial charge on any atom is -0.480 e. The van der Waals surface area contributed by atoms with E-state index in [1.807, 2.05) is 0 Å². The fourth-order valence-electron chi connectivity index (χ4n) is 3.38. The maximum absolute atomic E-state index is 12.5. The Bertz CT molecular complexity index is 1510. The van der Waals surface area contributed by atoms with Gasteiger partial charge in [0.1, 0.15) is 6.54 Å². The zero-order valence-corrected chi connectivity index (χ0v) is 15.9. The molecule has 0 unspecified atom stereocenters. The summed E-state index contributed by atoms with van der Waals surface area (Å²) < 4.78 is 0.982. The largest absolute Gasteiger partial charge is 0.480 e. The molecule has 3 aromatic rings. The number of pyridine rings is 2. The molecule has 11 nitrogen and oxygen atoms in total. The van der Waals surface area contributed by atoms with Gasteiger partial charge in [0.05, 0.1) is 10.9 Å². The van der Waals surface area contributed by atoms with E-state index in [1.165, 1.54) is 6.20 Å². The SMILES string of the molecule is Cc1c2c([nH]c(=O)/c1=C\C=C\c1cnc3[nH]n(CC(=O)O)c(=O)c3c1C)=NNC2=O. The standard InChI is InChI=1S/C19H16N6O5/c1-8-10(6-20-15-14(8)19(30)25(24-15)7-12(26)27)4-3-5-11-9(2)13-16(21-17(11)28)22-23-18(13)29/h3-6H,7H2,1-2H3,(H,20,24)(H,23,29)(H,26,27)(H,21,22,28)/b4-3+,11-5-. The molecule has 4 N–H and O–H groups in total.